The minimum Gasteiger partial charge on any atom is -0.550 e. The first-order chi connectivity index (χ1) is 10.5. The number of non-ortho nitro benzene ring substituents is 1. The predicted octanol–water partition coefficient (Wildman–Crippen LogP) is -0.147. The maximum Gasteiger partial charge on any atom is 0.269 e. The number of nitro benzene ring substituents is 1. The molecule has 8 heteroatoms. The molecule has 0 spiro atoms. The van der Waals surface area contributed by atoms with Gasteiger partial charge in [-0.15, -0.1) is 0 Å². The number of fused-ring (bicyclic) bond motifs is 2. The van der Waals surface area contributed by atoms with E-state index in [0.717, 1.165) is 0 Å². The third-order valence-electron chi connectivity index (χ3n) is 3.82. The lowest BCUT2D eigenvalue weighted by molar-refractivity contribution is -0.384. The first kappa shape index (κ1) is 14.2. The summed E-state index contributed by atoms with van der Waals surface area (Å²) in [5.74, 6) is -3.76. The molecule has 1 amide bonds. The van der Waals surface area contributed by atoms with E-state index in [4.69, 9.17) is 4.74 Å². The highest BCUT2D eigenvalue weighted by Crippen LogP contribution is 2.39. The Morgan fingerprint density at radius 3 is 2.23 bits per heavy atom. The fourth-order valence-electron chi connectivity index (χ4n) is 2.79. The monoisotopic (exact) mass is 303 g/mol. The van der Waals surface area contributed by atoms with E-state index in [0.29, 0.717) is 5.69 Å². The summed E-state index contributed by atoms with van der Waals surface area (Å²) < 4.78 is 5.39. The Labute approximate surface area is 124 Å². The molecule has 2 heterocycles. The highest BCUT2D eigenvalue weighted by atomic mass is 16.6. The Hall–Kier alpha value is -2.74. The number of hydrogen-bond donors (Lipinski definition) is 1. The SMILES string of the molecule is O=C([O-])[C@@H]1[C@@H](C(=O)Nc2ccc([N+](=O)[O-])cc2)[C@H]2C=C[C@@H]1O2. The van der Waals surface area contributed by atoms with Gasteiger partial charge in [-0.05, 0) is 12.1 Å². The van der Waals surface area contributed by atoms with Crippen LogP contribution in [-0.4, -0.2) is 29.0 Å². The molecule has 2 aliphatic rings. The first-order valence-electron chi connectivity index (χ1n) is 6.57. The van der Waals surface area contributed by atoms with Crippen molar-refractivity contribution < 1.29 is 24.4 Å². The number of carbonyl (C=O) groups excluding carboxylic acids is 2. The van der Waals surface area contributed by atoms with Crippen LogP contribution < -0.4 is 10.4 Å². The van der Waals surface area contributed by atoms with Crippen molar-refractivity contribution in [3.8, 4) is 0 Å². The third-order valence-corrected chi connectivity index (χ3v) is 3.82. The molecule has 8 nitrogen and oxygen atoms in total. The summed E-state index contributed by atoms with van der Waals surface area (Å²) in [6, 6.07) is 5.27. The topological polar surface area (TPSA) is 122 Å². The van der Waals surface area contributed by atoms with Crippen molar-refractivity contribution >= 4 is 23.3 Å². The van der Waals surface area contributed by atoms with Gasteiger partial charge in [-0.1, -0.05) is 12.2 Å². The fourth-order valence-corrected chi connectivity index (χ4v) is 2.79. The van der Waals surface area contributed by atoms with Crippen molar-refractivity contribution in [1.29, 1.82) is 0 Å². The molecule has 1 aromatic carbocycles. The molecule has 22 heavy (non-hydrogen) atoms. The number of carboxylic acid groups (broad SMARTS) is 1. The van der Waals surface area contributed by atoms with E-state index in [1.807, 2.05) is 0 Å². The quantitative estimate of drug-likeness (QED) is 0.469. The van der Waals surface area contributed by atoms with Crippen molar-refractivity contribution in [3.63, 3.8) is 0 Å². The summed E-state index contributed by atoms with van der Waals surface area (Å²) >= 11 is 0. The normalized spacial score (nSPS) is 28.5. The molecule has 1 N–H and O–H groups in total. The molecular weight excluding hydrogens is 292 g/mol. The molecule has 0 unspecified atom stereocenters. The lowest BCUT2D eigenvalue weighted by atomic mass is 9.82. The smallest absolute Gasteiger partial charge is 0.269 e. The van der Waals surface area contributed by atoms with Gasteiger partial charge in [-0.2, -0.15) is 0 Å². The van der Waals surface area contributed by atoms with Crippen molar-refractivity contribution in [2.75, 3.05) is 5.32 Å². The van der Waals surface area contributed by atoms with Crippen LogP contribution in [0.3, 0.4) is 0 Å². The molecular formula is C14H11N2O6-. The zero-order valence-electron chi connectivity index (χ0n) is 11.2. The van der Waals surface area contributed by atoms with Gasteiger partial charge in [0.15, 0.2) is 0 Å². The van der Waals surface area contributed by atoms with Crippen LogP contribution in [0.4, 0.5) is 11.4 Å². The van der Waals surface area contributed by atoms with Gasteiger partial charge >= 0.3 is 0 Å². The maximum atomic E-state index is 12.3. The van der Waals surface area contributed by atoms with Gasteiger partial charge in [0.2, 0.25) is 5.91 Å². The summed E-state index contributed by atoms with van der Waals surface area (Å²) in [5, 5.41) is 24.3. The standard InChI is InChI=1S/C14H12N2O6/c17-13(15-7-1-3-8(4-2-7)16(20)21)11-9-5-6-10(22-9)12(11)14(18)19/h1-6,9-12H,(H,15,17)(H,18,19)/p-1/t9-,10+,11+,12+/m1/s1. The average Bonchev–Trinajstić information content (AvgIpc) is 3.08. The van der Waals surface area contributed by atoms with Crippen LogP contribution in [0, 0.1) is 22.0 Å². The molecule has 1 fully saturated rings. The number of carbonyl (C=O) groups is 2. The Balaban J connectivity index is 1.75. The minimum atomic E-state index is -1.33. The van der Waals surface area contributed by atoms with Crippen LogP contribution in [-0.2, 0) is 14.3 Å². The molecule has 2 aliphatic heterocycles. The average molecular weight is 303 g/mol. The largest absolute Gasteiger partial charge is 0.550 e. The number of amides is 1. The molecule has 4 atom stereocenters. The second kappa shape index (κ2) is 5.23. The van der Waals surface area contributed by atoms with E-state index in [-0.39, 0.29) is 5.69 Å². The van der Waals surface area contributed by atoms with Gasteiger partial charge in [-0.25, -0.2) is 0 Å². The van der Waals surface area contributed by atoms with Gasteiger partial charge in [0.1, 0.15) is 0 Å². The van der Waals surface area contributed by atoms with E-state index in [1.165, 1.54) is 24.3 Å². The number of ether oxygens (including phenoxy) is 1. The van der Waals surface area contributed by atoms with Crippen molar-refractivity contribution in [2.45, 2.75) is 12.2 Å². The number of nitro groups is 1. The van der Waals surface area contributed by atoms with Crippen LogP contribution in [0.5, 0.6) is 0 Å². The molecule has 0 aromatic heterocycles. The summed E-state index contributed by atoms with van der Waals surface area (Å²) in [4.78, 5) is 33.5. The Bertz CT molecular complexity index is 668. The maximum absolute atomic E-state index is 12.3. The fraction of sp³-hybridized carbons (Fsp3) is 0.286. The van der Waals surface area contributed by atoms with Crippen molar-refractivity contribution in [2.24, 2.45) is 11.8 Å². The van der Waals surface area contributed by atoms with E-state index in [2.05, 4.69) is 5.32 Å². The van der Waals surface area contributed by atoms with Crippen molar-refractivity contribution in [1.82, 2.24) is 0 Å². The highest BCUT2D eigenvalue weighted by molar-refractivity contribution is 5.96. The number of hydrogen-bond acceptors (Lipinski definition) is 6. The number of nitrogens with zero attached hydrogens (tertiary/aromatic N) is 1. The molecule has 1 saturated heterocycles. The molecule has 114 valence electrons. The molecule has 0 saturated carbocycles. The minimum absolute atomic E-state index is 0.100. The zero-order valence-corrected chi connectivity index (χ0v) is 11.2. The van der Waals surface area contributed by atoms with Crippen LogP contribution in [0.25, 0.3) is 0 Å². The third kappa shape index (κ3) is 2.33. The Morgan fingerprint density at radius 2 is 1.68 bits per heavy atom. The lowest BCUT2D eigenvalue weighted by Crippen LogP contribution is -2.45. The molecule has 0 radical (unpaired) electrons. The summed E-state index contributed by atoms with van der Waals surface area (Å²) in [6.45, 7) is 0. The van der Waals surface area contributed by atoms with E-state index >= 15 is 0 Å². The van der Waals surface area contributed by atoms with Gasteiger partial charge in [0.25, 0.3) is 5.69 Å². The number of rotatable bonds is 4. The van der Waals surface area contributed by atoms with Gasteiger partial charge < -0.3 is 20.0 Å². The molecule has 1 aromatic rings. The second-order valence-corrected chi connectivity index (χ2v) is 5.11. The zero-order chi connectivity index (χ0) is 15.9. The summed E-state index contributed by atoms with van der Waals surface area (Å²) in [5.41, 5.74) is 0.247. The second-order valence-electron chi connectivity index (χ2n) is 5.11. The highest BCUT2D eigenvalue weighted by Gasteiger charge is 2.50. The van der Waals surface area contributed by atoms with E-state index in [1.54, 1.807) is 12.2 Å². The van der Waals surface area contributed by atoms with Gasteiger partial charge in [-0.3, -0.25) is 14.9 Å². The van der Waals surface area contributed by atoms with Crippen LogP contribution in [0.1, 0.15) is 0 Å². The predicted molar refractivity (Wildman–Crippen MR) is 71.5 cm³/mol. The first-order valence-corrected chi connectivity index (χ1v) is 6.57. The molecule has 2 bridgehead atoms. The van der Waals surface area contributed by atoms with E-state index in [9.17, 15) is 24.8 Å². The van der Waals surface area contributed by atoms with Crippen LogP contribution in [0.15, 0.2) is 36.4 Å². The number of aliphatic carboxylic acids is 1. The van der Waals surface area contributed by atoms with Crippen LogP contribution in [0.2, 0.25) is 0 Å². The number of nitrogens with one attached hydrogen (secondary N) is 1. The number of benzene rings is 1. The Kier molecular flexibility index (Phi) is 3.38. The summed E-state index contributed by atoms with van der Waals surface area (Å²) in [7, 11) is 0. The lowest BCUT2D eigenvalue weighted by Gasteiger charge is -2.24. The van der Waals surface area contributed by atoms with Crippen molar-refractivity contribution in [3.05, 3.63) is 46.5 Å². The van der Waals surface area contributed by atoms with Gasteiger partial charge in [0.05, 0.1) is 23.0 Å². The van der Waals surface area contributed by atoms with Gasteiger partial charge in [0, 0.05) is 29.7 Å². The Morgan fingerprint density at radius 1 is 1.09 bits per heavy atom. The molecule has 3 rings (SSSR count). The molecule has 0 aliphatic carbocycles. The number of anilines is 1. The van der Waals surface area contributed by atoms with Crippen LogP contribution >= 0.6 is 0 Å². The van der Waals surface area contributed by atoms with E-state index < -0.39 is 40.8 Å². The number of carboxylic acids is 1. The summed E-state index contributed by atoms with van der Waals surface area (Å²) in [6.07, 6.45) is 2.03.